The lowest BCUT2D eigenvalue weighted by molar-refractivity contribution is 0.0266. The molecule has 3 heteroatoms. The summed E-state index contributed by atoms with van der Waals surface area (Å²) in [5.41, 5.74) is -0.472. The predicted octanol–water partition coefficient (Wildman–Crippen LogP) is 3.09. The number of aliphatic hydroxyl groups is 1. The summed E-state index contributed by atoms with van der Waals surface area (Å²) in [5, 5.41) is 10.8. The molecule has 1 aliphatic heterocycles. The predicted molar refractivity (Wildman–Crippen MR) is 78.3 cm³/mol. The fraction of sp³-hybridized carbons (Fsp3) is 0.733. The zero-order valence-corrected chi connectivity index (χ0v) is 12.4. The number of hydrogen-bond acceptors (Lipinski definition) is 3. The molecule has 1 aromatic rings. The Kier molecular flexibility index (Phi) is 4.82. The molecule has 0 aromatic carbocycles. The van der Waals surface area contributed by atoms with Gasteiger partial charge in [0.15, 0.2) is 0 Å². The fourth-order valence-corrected chi connectivity index (χ4v) is 3.85. The van der Waals surface area contributed by atoms with Gasteiger partial charge in [-0.15, -0.1) is 11.3 Å². The monoisotopic (exact) mass is 267 g/mol. The van der Waals surface area contributed by atoms with E-state index in [1.165, 1.54) is 9.75 Å². The van der Waals surface area contributed by atoms with Crippen LogP contribution in [-0.2, 0) is 12.8 Å². The van der Waals surface area contributed by atoms with E-state index in [1.54, 1.807) is 0 Å². The largest absolute Gasteiger partial charge is 0.389 e. The van der Waals surface area contributed by atoms with Crippen LogP contribution in [-0.4, -0.2) is 35.2 Å². The topological polar surface area (TPSA) is 23.5 Å². The van der Waals surface area contributed by atoms with E-state index in [4.69, 9.17) is 0 Å². The molecule has 1 unspecified atom stereocenters. The summed E-state index contributed by atoms with van der Waals surface area (Å²) in [6, 6.07) is 4.41. The van der Waals surface area contributed by atoms with Gasteiger partial charge in [0.1, 0.15) is 0 Å². The summed E-state index contributed by atoms with van der Waals surface area (Å²) in [4.78, 5) is 5.22. The third-order valence-electron chi connectivity index (χ3n) is 4.03. The van der Waals surface area contributed by atoms with E-state index in [1.807, 2.05) is 11.3 Å². The van der Waals surface area contributed by atoms with Crippen molar-refractivity contribution >= 4 is 11.3 Å². The summed E-state index contributed by atoms with van der Waals surface area (Å²) in [7, 11) is 0. The van der Waals surface area contributed by atoms with Crippen molar-refractivity contribution in [3.05, 3.63) is 21.9 Å². The molecule has 0 spiro atoms. The highest BCUT2D eigenvalue weighted by Crippen LogP contribution is 2.29. The first kappa shape index (κ1) is 14.0. The van der Waals surface area contributed by atoms with E-state index < -0.39 is 5.60 Å². The van der Waals surface area contributed by atoms with Gasteiger partial charge in [-0.25, -0.2) is 0 Å². The van der Waals surface area contributed by atoms with Crippen molar-refractivity contribution in [2.75, 3.05) is 19.6 Å². The quantitative estimate of drug-likeness (QED) is 0.906. The highest BCUT2D eigenvalue weighted by Gasteiger charge is 2.30. The zero-order chi connectivity index (χ0) is 13.0. The molecule has 1 atom stereocenters. The minimum Gasteiger partial charge on any atom is -0.389 e. The minimum atomic E-state index is -0.472. The van der Waals surface area contributed by atoms with E-state index in [9.17, 15) is 5.11 Å². The Hall–Kier alpha value is -0.380. The van der Waals surface area contributed by atoms with Gasteiger partial charge in [-0.05, 0) is 50.9 Å². The van der Waals surface area contributed by atoms with E-state index in [0.29, 0.717) is 0 Å². The van der Waals surface area contributed by atoms with Crippen molar-refractivity contribution < 1.29 is 5.11 Å². The Labute approximate surface area is 115 Å². The number of thiophene rings is 1. The van der Waals surface area contributed by atoms with Crippen LogP contribution in [0, 0.1) is 0 Å². The van der Waals surface area contributed by atoms with Crippen molar-refractivity contribution in [3.63, 3.8) is 0 Å². The molecule has 1 aliphatic rings. The molecule has 1 saturated heterocycles. The van der Waals surface area contributed by atoms with Crippen LogP contribution in [0.15, 0.2) is 12.1 Å². The van der Waals surface area contributed by atoms with Crippen LogP contribution in [0.25, 0.3) is 0 Å². The fourth-order valence-electron chi connectivity index (χ4n) is 2.76. The molecule has 0 aliphatic carbocycles. The maximum atomic E-state index is 10.8. The molecular weight excluding hydrogens is 242 g/mol. The molecule has 0 bridgehead atoms. The van der Waals surface area contributed by atoms with Gasteiger partial charge in [0.05, 0.1) is 5.60 Å². The lowest BCUT2D eigenvalue weighted by Gasteiger charge is -2.26. The summed E-state index contributed by atoms with van der Waals surface area (Å²) in [6.45, 7) is 7.68. The average Bonchev–Trinajstić information content (AvgIpc) is 2.72. The molecule has 2 rings (SSSR count). The van der Waals surface area contributed by atoms with Crippen LogP contribution >= 0.6 is 11.3 Å². The van der Waals surface area contributed by atoms with Crippen LogP contribution in [0.4, 0.5) is 0 Å². The normalized spacial score (nSPS) is 26.2. The SMILES string of the molecule is CCc1ccc(CC2(O)CCCN(CC)CC2)s1. The zero-order valence-electron chi connectivity index (χ0n) is 11.6. The van der Waals surface area contributed by atoms with Crippen molar-refractivity contribution in [1.82, 2.24) is 4.90 Å². The molecule has 0 saturated carbocycles. The molecule has 1 N–H and O–H groups in total. The molecule has 1 aromatic heterocycles. The summed E-state index contributed by atoms with van der Waals surface area (Å²) in [6.07, 6.45) is 4.93. The van der Waals surface area contributed by atoms with E-state index in [-0.39, 0.29) is 0 Å². The number of aryl methyl sites for hydroxylation is 1. The number of likely N-dealkylation sites (tertiary alicyclic amines) is 1. The van der Waals surface area contributed by atoms with E-state index >= 15 is 0 Å². The third-order valence-corrected chi connectivity index (χ3v) is 5.26. The maximum Gasteiger partial charge on any atom is 0.0708 e. The molecule has 2 nitrogen and oxygen atoms in total. The second-order valence-corrected chi connectivity index (χ2v) is 6.66. The first-order chi connectivity index (χ1) is 8.65. The van der Waals surface area contributed by atoms with Crippen molar-refractivity contribution in [2.45, 2.75) is 51.6 Å². The molecule has 2 heterocycles. The smallest absolute Gasteiger partial charge is 0.0708 e. The van der Waals surface area contributed by atoms with Crippen molar-refractivity contribution in [3.8, 4) is 0 Å². The van der Waals surface area contributed by atoms with E-state index in [2.05, 4.69) is 30.9 Å². The molecule has 1 fully saturated rings. The molecule has 0 radical (unpaired) electrons. The standard InChI is InChI=1S/C15H25NOS/c1-3-13-6-7-14(18-13)12-15(17)8-5-10-16(4-2)11-9-15/h6-7,17H,3-5,8-12H2,1-2H3. The first-order valence-electron chi connectivity index (χ1n) is 7.17. The molecular formula is C15H25NOS. The van der Waals surface area contributed by atoms with Crippen LogP contribution in [0.3, 0.4) is 0 Å². The van der Waals surface area contributed by atoms with E-state index in [0.717, 1.165) is 51.7 Å². The van der Waals surface area contributed by atoms with Crippen LogP contribution < -0.4 is 0 Å². The van der Waals surface area contributed by atoms with Crippen molar-refractivity contribution in [2.24, 2.45) is 0 Å². The lowest BCUT2D eigenvalue weighted by Crippen LogP contribution is -2.33. The van der Waals surface area contributed by atoms with Crippen LogP contribution in [0.2, 0.25) is 0 Å². The van der Waals surface area contributed by atoms with Gasteiger partial charge in [-0.3, -0.25) is 0 Å². The Morgan fingerprint density at radius 3 is 2.67 bits per heavy atom. The summed E-state index contributed by atoms with van der Waals surface area (Å²) >= 11 is 1.86. The van der Waals surface area contributed by atoms with Gasteiger partial charge in [0.2, 0.25) is 0 Å². The van der Waals surface area contributed by atoms with Gasteiger partial charge in [0.25, 0.3) is 0 Å². The number of rotatable bonds is 4. The van der Waals surface area contributed by atoms with Gasteiger partial charge < -0.3 is 10.0 Å². The lowest BCUT2D eigenvalue weighted by atomic mass is 9.90. The van der Waals surface area contributed by atoms with Gasteiger partial charge in [0, 0.05) is 22.7 Å². The highest BCUT2D eigenvalue weighted by molar-refractivity contribution is 7.12. The Bertz CT molecular complexity index is 376. The molecule has 102 valence electrons. The van der Waals surface area contributed by atoms with Gasteiger partial charge >= 0.3 is 0 Å². The molecule has 18 heavy (non-hydrogen) atoms. The minimum absolute atomic E-state index is 0.472. The number of hydrogen-bond donors (Lipinski definition) is 1. The van der Waals surface area contributed by atoms with Crippen LogP contribution in [0.1, 0.15) is 42.9 Å². The van der Waals surface area contributed by atoms with Gasteiger partial charge in [-0.1, -0.05) is 13.8 Å². The average molecular weight is 267 g/mol. The Morgan fingerprint density at radius 1 is 1.22 bits per heavy atom. The maximum absolute atomic E-state index is 10.8. The third kappa shape index (κ3) is 3.56. The summed E-state index contributed by atoms with van der Waals surface area (Å²) in [5.74, 6) is 0. The number of nitrogens with zero attached hydrogens (tertiary/aromatic N) is 1. The Balaban J connectivity index is 1.98. The molecule has 0 amide bonds. The van der Waals surface area contributed by atoms with Gasteiger partial charge in [-0.2, -0.15) is 0 Å². The van der Waals surface area contributed by atoms with Crippen molar-refractivity contribution in [1.29, 1.82) is 0 Å². The second kappa shape index (κ2) is 6.18. The van der Waals surface area contributed by atoms with Crippen LogP contribution in [0.5, 0.6) is 0 Å². The summed E-state index contributed by atoms with van der Waals surface area (Å²) < 4.78 is 0. The Morgan fingerprint density at radius 2 is 2.00 bits per heavy atom. The highest BCUT2D eigenvalue weighted by atomic mass is 32.1. The second-order valence-electron chi connectivity index (χ2n) is 5.41. The first-order valence-corrected chi connectivity index (χ1v) is 7.99.